The predicted octanol–water partition coefficient (Wildman–Crippen LogP) is 0.962. The van der Waals surface area contributed by atoms with E-state index in [4.69, 9.17) is 4.74 Å². The van der Waals surface area contributed by atoms with Crippen LogP contribution in [0.4, 0.5) is 0 Å². The van der Waals surface area contributed by atoms with E-state index in [-0.39, 0.29) is 5.75 Å². The van der Waals surface area contributed by atoms with Gasteiger partial charge in [-0.3, -0.25) is 0 Å². The molecule has 1 rings (SSSR count). The average molecular weight is 211 g/mol. The highest BCUT2D eigenvalue weighted by Gasteiger charge is 2.15. The fourth-order valence-electron chi connectivity index (χ4n) is 1.50. The summed E-state index contributed by atoms with van der Waals surface area (Å²) in [7, 11) is 3.29. The summed E-state index contributed by atoms with van der Waals surface area (Å²) >= 11 is 0. The van der Waals surface area contributed by atoms with E-state index < -0.39 is 6.10 Å². The van der Waals surface area contributed by atoms with Crippen molar-refractivity contribution in [1.82, 2.24) is 5.32 Å². The molecule has 0 heterocycles. The van der Waals surface area contributed by atoms with Crippen LogP contribution in [-0.4, -0.2) is 30.9 Å². The molecule has 4 nitrogen and oxygen atoms in total. The molecule has 0 spiro atoms. The SMILES string of the molecule is CNCC(O)c1ccc(OC)c(C)c1O. The van der Waals surface area contributed by atoms with Crippen molar-refractivity contribution in [3.8, 4) is 11.5 Å². The molecule has 1 unspecified atom stereocenters. The molecule has 0 fully saturated rings. The number of nitrogens with one attached hydrogen (secondary N) is 1. The summed E-state index contributed by atoms with van der Waals surface area (Å²) < 4.78 is 5.06. The molecule has 0 saturated heterocycles. The van der Waals surface area contributed by atoms with Crippen molar-refractivity contribution in [1.29, 1.82) is 0 Å². The summed E-state index contributed by atoms with van der Waals surface area (Å²) in [6.45, 7) is 2.16. The topological polar surface area (TPSA) is 61.7 Å². The van der Waals surface area contributed by atoms with Gasteiger partial charge in [-0.1, -0.05) is 0 Å². The van der Waals surface area contributed by atoms with E-state index in [1.807, 2.05) is 0 Å². The zero-order chi connectivity index (χ0) is 11.4. The van der Waals surface area contributed by atoms with E-state index in [9.17, 15) is 10.2 Å². The molecule has 1 atom stereocenters. The number of benzene rings is 1. The third-order valence-electron chi connectivity index (χ3n) is 2.39. The Labute approximate surface area is 89.5 Å². The molecular formula is C11H17NO3. The normalized spacial score (nSPS) is 12.5. The number of hydrogen-bond donors (Lipinski definition) is 3. The number of hydrogen-bond acceptors (Lipinski definition) is 4. The van der Waals surface area contributed by atoms with Crippen molar-refractivity contribution >= 4 is 0 Å². The number of rotatable bonds is 4. The summed E-state index contributed by atoms with van der Waals surface area (Å²) in [5.41, 5.74) is 1.16. The van der Waals surface area contributed by atoms with Crippen LogP contribution in [0.2, 0.25) is 0 Å². The number of aliphatic hydroxyl groups is 1. The molecule has 0 aliphatic carbocycles. The van der Waals surface area contributed by atoms with Crippen molar-refractivity contribution in [2.45, 2.75) is 13.0 Å². The molecule has 1 aromatic rings. The van der Waals surface area contributed by atoms with Crippen molar-refractivity contribution in [3.63, 3.8) is 0 Å². The monoisotopic (exact) mass is 211 g/mol. The predicted molar refractivity (Wildman–Crippen MR) is 58.3 cm³/mol. The Balaban J connectivity index is 3.06. The average Bonchev–Trinajstić information content (AvgIpc) is 2.22. The van der Waals surface area contributed by atoms with Crippen LogP contribution in [0.15, 0.2) is 12.1 Å². The van der Waals surface area contributed by atoms with Gasteiger partial charge in [-0.05, 0) is 26.1 Å². The van der Waals surface area contributed by atoms with Crippen LogP contribution in [0.1, 0.15) is 17.2 Å². The number of likely N-dealkylation sites (N-methyl/N-ethyl adjacent to an activating group) is 1. The molecule has 15 heavy (non-hydrogen) atoms. The minimum Gasteiger partial charge on any atom is -0.507 e. The second-order valence-corrected chi connectivity index (χ2v) is 3.40. The van der Waals surface area contributed by atoms with Gasteiger partial charge in [-0.25, -0.2) is 0 Å². The molecule has 3 N–H and O–H groups in total. The maximum Gasteiger partial charge on any atom is 0.128 e. The van der Waals surface area contributed by atoms with Gasteiger partial charge in [-0.2, -0.15) is 0 Å². The second kappa shape index (κ2) is 5.00. The lowest BCUT2D eigenvalue weighted by Gasteiger charge is -2.15. The third-order valence-corrected chi connectivity index (χ3v) is 2.39. The molecule has 0 amide bonds. The molecular weight excluding hydrogens is 194 g/mol. The molecule has 4 heteroatoms. The first-order chi connectivity index (χ1) is 7.11. The molecule has 84 valence electrons. The van der Waals surface area contributed by atoms with E-state index in [1.165, 1.54) is 0 Å². The zero-order valence-electron chi connectivity index (χ0n) is 9.24. The Morgan fingerprint density at radius 2 is 2.13 bits per heavy atom. The summed E-state index contributed by atoms with van der Waals surface area (Å²) in [4.78, 5) is 0. The fraction of sp³-hybridized carbons (Fsp3) is 0.455. The Kier molecular flexibility index (Phi) is 3.94. The van der Waals surface area contributed by atoms with Crippen molar-refractivity contribution < 1.29 is 14.9 Å². The minimum atomic E-state index is -0.709. The molecule has 0 radical (unpaired) electrons. The number of phenols is 1. The molecule has 0 bridgehead atoms. The maximum atomic E-state index is 9.84. The fourth-order valence-corrected chi connectivity index (χ4v) is 1.50. The number of aromatic hydroxyl groups is 1. The third kappa shape index (κ3) is 2.40. The highest BCUT2D eigenvalue weighted by Crippen LogP contribution is 2.33. The summed E-state index contributed by atoms with van der Waals surface area (Å²) in [5, 5.41) is 22.4. The quantitative estimate of drug-likeness (QED) is 0.694. The number of methoxy groups -OCH3 is 1. The first-order valence-electron chi connectivity index (χ1n) is 4.81. The second-order valence-electron chi connectivity index (χ2n) is 3.40. The van der Waals surface area contributed by atoms with Gasteiger partial charge in [0.1, 0.15) is 11.5 Å². The first kappa shape index (κ1) is 11.8. The number of aliphatic hydroxyl groups excluding tert-OH is 1. The zero-order valence-corrected chi connectivity index (χ0v) is 9.24. The first-order valence-corrected chi connectivity index (χ1v) is 4.81. The highest BCUT2D eigenvalue weighted by atomic mass is 16.5. The van der Waals surface area contributed by atoms with Gasteiger partial charge < -0.3 is 20.3 Å². The van der Waals surface area contributed by atoms with Gasteiger partial charge in [0.05, 0.1) is 13.2 Å². The molecule has 0 aromatic heterocycles. The lowest BCUT2D eigenvalue weighted by Crippen LogP contribution is -2.16. The Morgan fingerprint density at radius 1 is 1.47 bits per heavy atom. The molecule has 0 saturated carbocycles. The van der Waals surface area contributed by atoms with Crippen LogP contribution in [0.5, 0.6) is 11.5 Å². The van der Waals surface area contributed by atoms with Crippen LogP contribution in [0, 0.1) is 6.92 Å². The Morgan fingerprint density at radius 3 is 2.67 bits per heavy atom. The van der Waals surface area contributed by atoms with E-state index in [2.05, 4.69) is 5.32 Å². The number of phenolic OH excluding ortho intramolecular Hbond substituents is 1. The van der Waals surface area contributed by atoms with Gasteiger partial charge in [0.25, 0.3) is 0 Å². The smallest absolute Gasteiger partial charge is 0.128 e. The standard InChI is InChI=1S/C11H17NO3/c1-7-10(15-3)5-4-8(11(7)14)9(13)6-12-2/h4-5,9,12-14H,6H2,1-3H3. The van der Waals surface area contributed by atoms with Crippen LogP contribution in [-0.2, 0) is 0 Å². The van der Waals surface area contributed by atoms with Crippen LogP contribution < -0.4 is 10.1 Å². The lowest BCUT2D eigenvalue weighted by atomic mass is 10.0. The van der Waals surface area contributed by atoms with E-state index in [1.54, 1.807) is 33.2 Å². The van der Waals surface area contributed by atoms with Gasteiger partial charge in [0.2, 0.25) is 0 Å². The maximum absolute atomic E-state index is 9.84. The van der Waals surface area contributed by atoms with E-state index in [0.29, 0.717) is 23.4 Å². The van der Waals surface area contributed by atoms with Gasteiger partial charge in [-0.15, -0.1) is 0 Å². The van der Waals surface area contributed by atoms with Gasteiger partial charge in [0, 0.05) is 17.7 Å². The van der Waals surface area contributed by atoms with Crippen LogP contribution in [0.3, 0.4) is 0 Å². The summed E-state index contributed by atoms with van der Waals surface area (Å²) in [6, 6.07) is 3.41. The highest BCUT2D eigenvalue weighted by molar-refractivity contribution is 5.49. The minimum absolute atomic E-state index is 0.0945. The van der Waals surface area contributed by atoms with Crippen LogP contribution >= 0.6 is 0 Å². The summed E-state index contributed by atoms with van der Waals surface area (Å²) in [6.07, 6.45) is -0.709. The molecule has 0 aliphatic heterocycles. The van der Waals surface area contributed by atoms with Crippen molar-refractivity contribution in [2.75, 3.05) is 20.7 Å². The summed E-state index contributed by atoms with van der Waals surface area (Å²) in [5.74, 6) is 0.713. The number of ether oxygens (including phenoxy) is 1. The van der Waals surface area contributed by atoms with Crippen LogP contribution in [0.25, 0.3) is 0 Å². The lowest BCUT2D eigenvalue weighted by molar-refractivity contribution is 0.173. The molecule has 1 aromatic carbocycles. The van der Waals surface area contributed by atoms with Crippen molar-refractivity contribution in [3.05, 3.63) is 23.3 Å². The Bertz CT molecular complexity index is 339. The van der Waals surface area contributed by atoms with E-state index in [0.717, 1.165) is 0 Å². The van der Waals surface area contributed by atoms with Crippen molar-refractivity contribution in [2.24, 2.45) is 0 Å². The molecule has 0 aliphatic rings. The largest absolute Gasteiger partial charge is 0.507 e. The van der Waals surface area contributed by atoms with Gasteiger partial charge in [0.15, 0.2) is 0 Å². The van der Waals surface area contributed by atoms with Gasteiger partial charge >= 0.3 is 0 Å². The Hall–Kier alpha value is -1.26. The van der Waals surface area contributed by atoms with E-state index >= 15 is 0 Å².